The van der Waals surface area contributed by atoms with Crippen LogP contribution in [-0.4, -0.2) is 41.8 Å². The van der Waals surface area contributed by atoms with Gasteiger partial charge in [0.2, 0.25) is 5.95 Å². The predicted octanol–water partition coefficient (Wildman–Crippen LogP) is 3.08. The van der Waals surface area contributed by atoms with E-state index in [4.69, 9.17) is 25.2 Å². The lowest BCUT2D eigenvalue weighted by Crippen LogP contribution is -2.32. The number of guanidine groups is 1. The van der Waals surface area contributed by atoms with E-state index in [2.05, 4.69) is 39.0 Å². The lowest BCUT2D eigenvalue weighted by atomic mass is 10.1. The summed E-state index contributed by atoms with van der Waals surface area (Å²) in [5.41, 5.74) is 10.3. The number of hydrogen-bond acceptors (Lipinski definition) is 7. The van der Waals surface area contributed by atoms with Crippen molar-refractivity contribution < 1.29 is 9.47 Å². The van der Waals surface area contributed by atoms with Gasteiger partial charge in [-0.15, -0.1) is 0 Å². The summed E-state index contributed by atoms with van der Waals surface area (Å²) in [4.78, 5) is 12.0. The second kappa shape index (κ2) is 6.83. The fourth-order valence-electron chi connectivity index (χ4n) is 4.58. The number of fused-ring (bicyclic) bond motifs is 4. The van der Waals surface area contributed by atoms with Gasteiger partial charge in [-0.25, -0.2) is 9.98 Å². The first-order chi connectivity index (χ1) is 14.8. The van der Waals surface area contributed by atoms with Crippen LogP contribution in [0.1, 0.15) is 31.0 Å². The number of anilines is 2. The fraction of sp³-hybridized carbons (Fsp3) is 0.364. The van der Waals surface area contributed by atoms with E-state index in [9.17, 15) is 0 Å². The number of nitrogens with two attached hydrogens (primary N) is 1. The van der Waals surface area contributed by atoms with E-state index in [-0.39, 0.29) is 6.17 Å². The SMILES string of the molecule is NC1=N[C@H](c2ccccc2N2CCCC2)n2c(nc3cc4c(cc32)OCCCO4)N1. The highest BCUT2D eigenvalue weighted by Gasteiger charge is 2.29. The molecule has 3 aliphatic heterocycles. The number of ether oxygens (including phenoxy) is 2. The molecule has 1 atom stereocenters. The Balaban J connectivity index is 1.53. The Kier molecular flexibility index (Phi) is 3.97. The van der Waals surface area contributed by atoms with Gasteiger partial charge >= 0.3 is 0 Å². The first-order valence-electron chi connectivity index (χ1n) is 10.5. The molecular weight excluding hydrogens is 380 g/mol. The number of para-hydroxylation sites is 1. The van der Waals surface area contributed by atoms with Gasteiger partial charge in [0.15, 0.2) is 23.6 Å². The number of nitrogens with zero attached hydrogens (tertiary/aromatic N) is 4. The summed E-state index contributed by atoms with van der Waals surface area (Å²) >= 11 is 0. The molecule has 0 aliphatic carbocycles. The zero-order valence-corrected chi connectivity index (χ0v) is 16.7. The molecule has 1 aromatic heterocycles. The highest BCUT2D eigenvalue weighted by atomic mass is 16.5. The molecule has 8 heteroatoms. The van der Waals surface area contributed by atoms with Crippen molar-refractivity contribution in [1.29, 1.82) is 0 Å². The number of hydrogen-bond donors (Lipinski definition) is 2. The van der Waals surface area contributed by atoms with Crippen molar-refractivity contribution in [2.75, 3.05) is 36.5 Å². The minimum atomic E-state index is -0.298. The Labute approximate surface area is 174 Å². The summed E-state index contributed by atoms with van der Waals surface area (Å²) in [6, 6.07) is 12.4. The first-order valence-corrected chi connectivity index (χ1v) is 10.5. The van der Waals surface area contributed by atoms with Crippen LogP contribution in [0.4, 0.5) is 11.6 Å². The van der Waals surface area contributed by atoms with Gasteiger partial charge in [0, 0.05) is 42.9 Å². The summed E-state index contributed by atoms with van der Waals surface area (Å²) in [6.45, 7) is 3.42. The summed E-state index contributed by atoms with van der Waals surface area (Å²) in [7, 11) is 0. The predicted molar refractivity (Wildman–Crippen MR) is 117 cm³/mol. The van der Waals surface area contributed by atoms with Crippen molar-refractivity contribution in [1.82, 2.24) is 9.55 Å². The number of aromatic nitrogens is 2. The molecule has 30 heavy (non-hydrogen) atoms. The third-order valence-electron chi connectivity index (χ3n) is 5.97. The number of imidazole rings is 1. The highest BCUT2D eigenvalue weighted by Crippen LogP contribution is 2.41. The highest BCUT2D eigenvalue weighted by molar-refractivity contribution is 5.95. The summed E-state index contributed by atoms with van der Waals surface area (Å²) in [5, 5.41) is 3.13. The molecule has 2 aromatic carbocycles. The molecule has 0 unspecified atom stereocenters. The van der Waals surface area contributed by atoms with Gasteiger partial charge < -0.3 is 20.1 Å². The van der Waals surface area contributed by atoms with Crippen LogP contribution in [0.3, 0.4) is 0 Å². The minimum absolute atomic E-state index is 0.298. The van der Waals surface area contributed by atoms with Crippen molar-refractivity contribution in [2.24, 2.45) is 10.7 Å². The smallest absolute Gasteiger partial charge is 0.212 e. The van der Waals surface area contributed by atoms with Gasteiger partial charge in [0.05, 0.1) is 24.2 Å². The quantitative estimate of drug-likeness (QED) is 0.682. The van der Waals surface area contributed by atoms with E-state index in [0.717, 1.165) is 47.6 Å². The zero-order chi connectivity index (χ0) is 20.1. The molecule has 0 bridgehead atoms. The molecule has 0 spiro atoms. The van der Waals surface area contributed by atoms with E-state index < -0.39 is 0 Å². The van der Waals surface area contributed by atoms with Gasteiger partial charge in [0.25, 0.3) is 0 Å². The van der Waals surface area contributed by atoms with Crippen LogP contribution in [0.25, 0.3) is 11.0 Å². The summed E-state index contributed by atoms with van der Waals surface area (Å²) in [5.74, 6) is 2.53. The van der Waals surface area contributed by atoms with Crippen molar-refractivity contribution in [2.45, 2.75) is 25.4 Å². The molecule has 4 heterocycles. The monoisotopic (exact) mass is 404 g/mol. The van der Waals surface area contributed by atoms with Crippen molar-refractivity contribution in [3.63, 3.8) is 0 Å². The molecule has 0 radical (unpaired) electrons. The maximum Gasteiger partial charge on any atom is 0.212 e. The molecule has 3 aliphatic rings. The third-order valence-corrected chi connectivity index (χ3v) is 5.97. The van der Waals surface area contributed by atoms with Gasteiger partial charge in [-0.05, 0) is 18.9 Å². The van der Waals surface area contributed by atoms with Crippen LogP contribution in [0.15, 0.2) is 41.4 Å². The minimum Gasteiger partial charge on any atom is -0.489 e. The molecule has 1 fully saturated rings. The Hall–Kier alpha value is -3.42. The lowest BCUT2D eigenvalue weighted by molar-refractivity contribution is 0.297. The second-order valence-electron chi connectivity index (χ2n) is 7.91. The van der Waals surface area contributed by atoms with Crippen molar-refractivity contribution in [3.05, 3.63) is 42.0 Å². The molecular formula is C22H24N6O2. The van der Waals surface area contributed by atoms with Gasteiger partial charge in [0.1, 0.15) is 0 Å². The van der Waals surface area contributed by atoms with Crippen molar-refractivity contribution in [3.8, 4) is 11.5 Å². The molecule has 3 aromatic rings. The molecule has 0 saturated carbocycles. The van der Waals surface area contributed by atoms with Gasteiger partial charge in [-0.3, -0.25) is 9.88 Å². The van der Waals surface area contributed by atoms with Crippen LogP contribution in [-0.2, 0) is 0 Å². The van der Waals surface area contributed by atoms with E-state index >= 15 is 0 Å². The number of nitrogens with one attached hydrogen (secondary N) is 1. The maximum atomic E-state index is 6.17. The second-order valence-corrected chi connectivity index (χ2v) is 7.91. The average molecular weight is 404 g/mol. The largest absolute Gasteiger partial charge is 0.489 e. The van der Waals surface area contributed by atoms with Crippen LogP contribution < -0.4 is 25.4 Å². The molecule has 8 nitrogen and oxygen atoms in total. The summed E-state index contributed by atoms with van der Waals surface area (Å²) < 4.78 is 13.9. The molecule has 1 saturated heterocycles. The fourth-order valence-corrected chi connectivity index (χ4v) is 4.58. The zero-order valence-electron chi connectivity index (χ0n) is 16.7. The van der Waals surface area contributed by atoms with Crippen LogP contribution in [0.5, 0.6) is 11.5 Å². The van der Waals surface area contributed by atoms with Crippen molar-refractivity contribution >= 4 is 28.6 Å². The number of benzene rings is 2. The van der Waals surface area contributed by atoms with Crippen LogP contribution in [0.2, 0.25) is 0 Å². The van der Waals surface area contributed by atoms with E-state index in [1.54, 1.807) is 0 Å². The third kappa shape index (κ3) is 2.74. The molecule has 3 N–H and O–H groups in total. The Morgan fingerprint density at radius 1 is 1.00 bits per heavy atom. The maximum absolute atomic E-state index is 6.17. The Bertz CT molecular complexity index is 1150. The van der Waals surface area contributed by atoms with E-state index in [1.165, 1.54) is 18.5 Å². The van der Waals surface area contributed by atoms with E-state index in [1.807, 2.05) is 12.1 Å². The number of aliphatic imine (C=N–C) groups is 1. The van der Waals surface area contributed by atoms with Crippen LogP contribution in [0, 0.1) is 0 Å². The van der Waals surface area contributed by atoms with Crippen LogP contribution >= 0.6 is 0 Å². The average Bonchev–Trinajstić information content (AvgIpc) is 3.34. The van der Waals surface area contributed by atoms with Gasteiger partial charge in [-0.2, -0.15) is 0 Å². The molecule has 154 valence electrons. The molecule has 0 amide bonds. The lowest BCUT2D eigenvalue weighted by Gasteiger charge is -2.28. The number of rotatable bonds is 2. The first kappa shape index (κ1) is 17.4. The normalized spacial score (nSPS) is 20.5. The molecule has 6 rings (SSSR count). The summed E-state index contributed by atoms with van der Waals surface area (Å²) in [6.07, 6.45) is 3.00. The standard InChI is InChI=1S/C22H24N6O2/c23-21-25-20(14-6-1-2-7-16(14)27-8-3-4-9-27)28-17-13-19-18(29-10-5-11-30-19)12-15(17)24-22(28)26-21/h1-2,6-7,12-13,20H,3-5,8-11H2,(H3,23,24,25,26)/t20-/m0/s1. The topological polar surface area (TPSA) is 89.9 Å². The Morgan fingerprint density at radius 3 is 2.60 bits per heavy atom. The Morgan fingerprint density at radius 2 is 1.77 bits per heavy atom. The van der Waals surface area contributed by atoms with Gasteiger partial charge in [-0.1, -0.05) is 18.2 Å². The van der Waals surface area contributed by atoms with E-state index in [0.29, 0.717) is 25.1 Å².